The SMILES string of the molecule is CCC(NC)C1(N)CC1. The molecule has 0 radical (unpaired) electrons. The van der Waals surface area contributed by atoms with Gasteiger partial charge < -0.3 is 11.1 Å². The number of likely N-dealkylation sites (N-methyl/N-ethyl adjacent to an activating group) is 1. The molecular weight excluding hydrogens is 112 g/mol. The van der Waals surface area contributed by atoms with Gasteiger partial charge >= 0.3 is 0 Å². The van der Waals surface area contributed by atoms with E-state index in [1.165, 1.54) is 12.8 Å². The van der Waals surface area contributed by atoms with Crippen LogP contribution in [-0.4, -0.2) is 18.6 Å². The summed E-state index contributed by atoms with van der Waals surface area (Å²) in [7, 11) is 1.99. The molecule has 0 aliphatic heterocycles. The molecule has 1 fully saturated rings. The molecule has 1 atom stereocenters. The average Bonchev–Trinajstić information content (AvgIpc) is 2.52. The highest BCUT2D eigenvalue weighted by molar-refractivity contribution is 5.06. The maximum atomic E-state index is 5.95. The molecule has 0 bridgehead atoms. The quantitative estimate of drug-likeness (QED) is 0.580. The molecule has 0 heterocycles. The molecular formula is C7H16N2. The van der Waals surface area contributed by atoms with Crippen LogP contribution in [0.1, 0.15) is 26.2 Å². The minimum Gasteiger partial charge on any atom is -0.324 e. The van der Waals surface area contributed by atoms with Crippen LogP contribution in [0, 0.1) is 0 Å². The Bertz CT molecular complexity index is 93.1. The zero-order chi connectivity index (χ0) is 6.91. The van der Waals surface area contributed by atoms with Gasteiger partial charge in [-0.15, -0.1) is 0 Å². The summed E-state index contributed by atoms with van der Waals surface area (Å²) in [5, 5.41) is 3.23. The molecule has 2 heteroatoms. The zero-order valence-electron chi connectivity index (χ0n) is 6.28. The molecule has 0 aromatic heterocycles. The topological polar surface area (TPSA) is 38.0 Å². The molecule has 9 heavy (non-hydrogen) atoms. The van der Waals surface area contributed by atoms with Crippen LogP contribution in [0.5, 0.6) is 0 Å². The highest BCUT2D eigenvalue weighted by atomic mass is 15.0. The van der Waals surface area contributed by atoms with Gasteiger partial charge in [-0.3, -0.25) is 0 Å². The third-order valence-electron chi connectivity index (χ3n) is 2.28. The van der Waals surface area contributed by atoms with E-state index in [1.54, 1.807) is 0 Å². The number of hydrogen-bond acceptors (Lipinski definition) is 2. The summed E-state index contributed by atoms with van der Waals surface area (Å²) in [6, 6.07) is 0.539. The van der Waals surface area contributed by atoms with Crippen molar-refractivity contribution in [2.45, 2.75) is 37.8 Å². The fourth-order valence-corrected chi connectivity index (χ4v) is 1.39. The highest BCUT2D eigenvalue weighted by Gasteiger charge is 2.43. The minimum absolute atomic E-state index is 0.156. The monoisotopic (exact) mass is 128 g/mol. The zero-order valence-corrected chi connectivity index (χ0v) is 6.28. The Morgan fingerprint density at radius 2 is 2.22 bits per heavy atom. The first-order valence-corrected chi connectivity index (χ1v) is 3.69. The summed E-state index contributed by atoms with van der Waals surface area (Å²) >= 11 is 0. The van der Waals surface area contributed by atoms with Gasteiger partial charge in [-0.2, -0.15) is 0 Å². The van der Waals surface area contributed by atoms with E-state index < -0.39 is 0 Å². The second-order valence-corrected chi connectivity index (χ2v) is 2.98. The lowest BCUT2D eigenvalue weighted by atomic mass is 10.1. The van der Waals surface area contributed by atoms with Crippen LogP contribution in [0.25, 0.3) is 0 Å². The van der Waals surface area contributed by atoms with Crippen molar-refractivity contribution in [3.63, 3.8) is 0 Å². The van der Waals surface area contributed by atoms with Gasteiger partial charge in [0.15, 0.2) is 0 Å². The molecule has 0 aromatic rings. The largest absolute Gasteiger partial charge is 0.324 e. The lowest BCUT2D eigenvalue weighted by molar-refractivity contribution is 0.433. The first kappa shape index (κ1) is 7.03. The predicted molar refractivity (Wildman–Crippen MR) is 39.3 cm³/mol. The molecule has 0 spiro atoms. The van der Waals surface area contributed by atoms with Crippen LogP contribution in [0.15, 0.2) is 0 Å². The normalized spacial score (nSPS) is 25.7. The van der Waals surface area contributed by atoms with Gasteiger partial charge in [-0.25, -0.2) is 0 Å². The van der Waals surface area contributed by atoms with Crippen molar-refractivity contribution < 1.29 is 0 Å². The van der Waals surface area contributed by atoms with Gasteiger partial charge in [-0.05, 0) is 26.3 Å². The molecule has 0 amide bonds. The second-order valence-electron chi connectivity index (χ2n) is 2.98. The van der Waals surface area contributed by atoms with Crippen molar-refractivity contribution >= 4 is 0 Å². The summed E-state index contributed by atoms with van der Waals surface area (Å²) in [6.45, 7) is 2.17. The van der Waals surface area contributed by atoms with Crippen molar-refractivity contribution in [2.75, 3.05) is 7.05 Å². The van der Waals surface area contributed by atoms with E-state index in [0.29, 0.717) is 6.04 Å². The van der Waals surface area contributed by atoms with Crippen molar-refractivity contribution in [3.8, 4) is 0 Å². The van der Waals surface area contributed by atoms with Crippen molar-refractivity contribution in [1.29, 1.82) is 0 Å². The van der Waals surface area contributed by atoms with Gasteiger partial charge in [0.05, 0.1) is 0 Å². The average molecular weight is 128 g/mol. The van der Waals surface area contributed by atoms with Gasteiger partial charge in [0.1, 0.15) is 0 Å². The first-order valence-electron chi connectivity index (χ1n) is 3.69. The fraction of sp³-hybridized carbons (Fsp3) is 1.00. The van der Waals surface area contributed by atoms with E-state index in [4.69, 9.17) is 5.73 Å². The maximum absolute atomic E-state index is 5.95. The molecule has 1 rings (SSSR count). The van der Waals surface area contributed by atoms with E-state index in [2.05, 4.69) is 12.2 Å². The summed E-state index contributed by atoms with van der Waals surface area (Å²) in [4.78, 5) is 0. The Labute approximate surface area is 56.8 Å². The molecule has 1 aliphatic rings. The smallest absolute Gasteiger partial charge is 0.0311 e. The molecule has 54 valence electrons. The van der Waals surface area contributed by atoms with Gasteiger partial charge in [-0.1, -0.05) is 6.92 Å². The van der Waals surface area contributed by atoms with Crippen molar-refractivity contribution in [2.24, 2.45) is 5.73 Å². The van der Waals surface area contributed by atoms with E-state index >= 15 is 0 Å². The van der Waals surface area contributed by atoms with E-state index in [0.717, 1.165) is 6.42 Å². The van der Waals surface area contributed by atoms with Gasteiger partial charge in [0.25, 0.3) is 0 Å². The summed E-state index contributed by atoms with van der Waals surface area (Å²) < 4.78 is 0. The summed E-state index contributed by atoms with van der Waals surface area (Å²) in [6.07, 6.45) is 3.55. The van der Waals surface area contributed by atoms with Crippen LogP contribution in [0.2, 0.25) is 0 Å². The van der Waals surface area contributed by atoms with E-state index in [-0.39, 0.29) is 5.54 Å². The van der Waals surface area contributed by atoms with Crippen molar-refractivity contribution in [1.82, 2.24) is 5.32 Å². The maximum Gasteiger partial charge on any atom is 0.0311 e. The second kappa shape index (κ2) is 2.27. The number of nitrogens with one attached hydrogen (secondary N) is 1. The van der Waals surface area contributed by atoms with Gasteiger partial charge in [0.2, 0.25) is 0 Å². The van der Waals surface area contributed by atoms with Crippen molar-refractivity contribution in [3.05, 3.63) is 0 Å². The molecule has 0 aromatic carbocycles. The number of rotatable bonds is 3. The van der Waals surface area contributed by atoms with Crippen LogP contribution in [0.3, 0.4) is 0 Å². The Morgan fingerprint density at radius 3 is 2.33 bits per heavy atom. The minimum atomic E-state index is 0.156. The first-order chi connectivity index (χ1) is 4.23. The molecule has 2 nitrogen and oxygen atoms in total. The number of nitrogens with two attached hydrogens (primary N) is 1. The molecule has 1 saturated carbocycles. The van der Waals surface area contributed by atoms with Crippen LogP contribution < -0.4 is 11.1 Å². The van der Waals surface area contributed by atoms with E-state index in [9.17, 15) is 0 Å². The van der Waals surface area contributed by atoms with Crippen LogP contribution in [0.4, 0.5) is 0 Å². The standard InChI is InChI=1S/C7H16N2/c1-3-6(9-2)7(8)4-5-7/h6,9H,3-5,8H2,1-2H3. The Balaban J connectivity index is 2.37. The van der Waals surface area contributed by atoms with E-state index in [1.807, 2.05) is 7.05 Å². The fourth-order valence-electron chi connectivity index (χ4n) is 1.39. The Kier molecular flexibility index (Phi) is 1.78. The summed E-state index contributed by atoms with van der Waals surface area (Å²) in [5.74, 6) is 0. The third kappa shape index (κ3) is 1.25. The predicted octanol–water partition coefficient (Wildman–Crippen LogP) is 0.476. The summed E-state index contributed by atoms with van der Waals surface area (Å²) in [5.41, 5.74) is 6.11. The molecule has 3 N–H and O–H groups in total. The molecule has 0 saturated heterocycles. The third-order valence-corrected chi connectivity index (χ3v) is 2.28. The lowest BCUT2D eigenvalue weighted by Crippen LogP contribution is -2.45. The highest BCUT2D eigenvalue weighted by Crippen LogP contribution is 2.36. The number of hydrogen-bond donors (Lipinski definition) is 2. The Hall–Kier alpha value is -0.0800. The van der Waals surface area contributed by atoms with Crippen LogP contribution >= 0.6 is 0 Å². The Morgan fingerprint density at radius 1 is 1.67 bits per heavy atom. The lowest BCUT2D eigenvalue weighted by Gasteiger charge is -2.20. The van der Waals surface area contributed by atoms with Gasteiger partial charge in [0, 0.05) is 11.6 Å². The molecule has 1 unspecified atom stereocenters. The van der Waals surface area contributed by atoms with Crippen LogP contribution in [-0.2, 0) is 0 Å². The molecule has 1 aliphatic carbocycles.